The van der Waals surface area contributed by atoms with Crippen molar-refractivity contribution in [3.05, 3.63) is 42.6 Å². The van der Waals surface area contributed by atoms with Crippen LogP contribution in [0.3, 0.4) is 0 Å². The Balaban J connectivity index is 2.86. The summed E-state index contributed by atoms with van der Waals surface area (Å²) in [7, 11) is 0. The minimum absolute atomic E-state index is 0.0401. The highest BCUT2D eigenvalue weighted by Crippen LogP contribution is 2.22. The van der Waals surface area contributed by atoms with E-state index in [1.54, 1.807) is 31.2 Å². The molecular weight excluding hydrogens is 290 g/mol. The van der Waals surface area contributed by atoms with Crippen LogP contribution in [0.15, 0.2) is 42.6 Å². The highest BCUT2D eigenvalue weighted by atomic mass is 16.5. The first-order chi connectivity index (χ1) is 10.4. The van der Waals surface area contributed by atoms with E-state index in [1.165, 1.54) is 6.20 Å². The van der Waals surface area contributed by atoms with Crippen LogP contribution in [-0.2, 0) is 14.3 Å². The van der Waals surface area contributed by atoms with Gasteiger partial charge in [-0.1, -0.05) is 18.2 Å². The summed E-state index contributed by atoms with van der Waals surface area (Å²) in [4.78, 5) is 22.5. The molecule has 1 atom stereocenters. The van der Waals surface area contributed by atoms with Crippen LogP contribution >= 0.6 is 0 Å². The summed E-state index contributed by atoms with van der Waals surface area (Å²) in [5.41, 5.74) is 0.723. The van der Waals surface area contributed by atoms with E-state index in [0.717, 1.165) is 11.8 Å². The maximum atomic E-state index is 11.8. The molecule has 0 spiro atoms. The van der Waals surface area contributed by atoms with Crippen LogP contribution in [0.5, 0.6) is 0 Å². The molecule has 0 saturated carbocycles. The number of carbonyl (C=O) groups is 2. The number of rotatable bonds is 8. The van der Waals surface area contributed by atoms with Crippen LogP contribution in [0.25, 0.3) is 0 Å². The summed E-state index contributed by atoms with van der Waals surface area (Å²) in [5, 5.41) is 31.2. The van der Waals surface area contributed by atoms with Gasteiger partial charge in [-0.05, 0) is 31.3 Å². The summed E-state index contributed by atoms with van der Waals surface area (Å²) in [6, 6.07) is 8.96. The number of benzene rings is 1. The Bertz CT molecular complexity index is 526. The number of carboxylic acid groups (broad SMARTS) is 1. The molecule has 0 aromatic heterocycles. The van der Waals surface area contributed by atoms with E-state index in [9.17, 15) is 19.8 Å². The van der Waals surface area contributed by atoms with Gasteiger partial charge in [0.25, 0.3) is 0 Å². The normalized spacial score (nSPS) is 12.9. The third-order valence-electron chi connectivity index (χ3n) is 2.76. The van der Waals surface area contributed by atoms with Crippen molar-refractivity contribution in [3.8, 4) is 0 Å². The molecule has 0 aliphatic carbocycles. The lowest BCUT2D eigenvalue weighted by atomic mass is 9.95. The van der Waals surface area contributed by atoms with Crippen LogP contribution in [0, 0.1) is 5.92 Å². The fraction of sp³-hybridized carbons (Fsp3) is 0.333. The van der Waals surface area contributed by atoms with Gasteiger partial charge >= 0.3 is 11.9 Å². The number of hydrogen-bond donors (Lipinski definition) is 4. The Morgan fingerprint density at radius 2 is 1.95 bits per heavy atom. The molecule has 22 heavy (non-hydrogen) atoms. The second-order valence-electron chi connectivity index (χ2n) is 4.55. The lowest BCUT2D eigenvalue weighted by molar-refractivity contribution is -0.209. The lowest BCUT2D eigenvalue weighted by Crippen LogP contribution is -2.44. The molecule has 0 saturated heterocycles. The second kappa shape index (κ2) is 8.16. The zero-order valence-corrected chi connectivity index (χ0v) is 12.1. The Morgan fingerprint density at radius 1 is 1.32 bits per heavy atom. The standard InChI is InChI=1S/C15H19NO6/c1-2-22-14(19)12(15(20,21)10-13(17)18)8-9-16-11-6-4-3-5-7-11/h3-9,12,16,20-21H,2,10H2,1H3,(H,17,18)/b9-8+/t12-/m0/s1. The molecule has 4 N–H and O–H groups in total. The Morgan fingerprint density at radius 3 is 2.50 bits per heavy atom. The van der Waals surface area contributed by atoms with Crippen LogP contribution in [0.1, 0.15) is 13.3 Å². The predicted octanol–water partition coefficient (Wildman–Crippen LogP) is 0.947. The van der Waals surface area contributed by atoms with E-state index in [2.05, 4.69) is 5.32 Å². The molecule has 0 amide bonds. The quantitative estimate of drug-likeness (QED) is 0.417. The van der Waals surface area contributed by atoms with Crippen LogP contribution in [0.2, 0.25) is 0 Å². The first-order valence-electron chi connectivity index (χ1n) is 6.68. The maximum absolute atomic E-state index is 11.8. The van der Waals surface area contributed by atoms with Crippen molar-refractivity contribution in [3.63, 3.8) is 0 Å². The SMILES string of the molecule is CCOC(=O)[C@H](/C=C/Nc1ccccc1)C(O)(O)CC(=O)O. The smallest absolute Gasteiger partial charge is 0.318 e. The van der Waals surface area contributed by atoms with Gasteiger partial charge in [-0.15, -0.1) is 0 Å². The highest BCUT2D eigenvalue weighted by molar-refractivity contribution is 5.77. The fourth-order valence-corrected chi connectivity index (χ4v) is 1.76. The van der Waals surface area contributed by atoms with Gasteiger partial charge in [-0.2, -0.15) is 0 Å². The van der Waals surface area contributed by atoms with E-state index in [4.69, 9.17) is 9.84 Å². The molecular formula is C15H19NO6. The van der Waals surface area contributed by atoms with E-state index >= 15 is 0 Å². The first kappa shape index (κ1) is 17.7. The van der Waals surface area contributed by atoms with Crippen molar-refractivity contribution in [2.24, 2.45) is 5.92 Å². The van der Waals surface area contributed by atoms with Gasteiger partial charge in [0.2, 0.25) is 0 Å². The number of carboxylic acids is 1. The van der Waals surface area contributed by atoms with Crippen LogP contribution in [-0.4, -0.2) is 39.7 Å². The zero-order chi connectivity index (χ0) is 16.6. The Labute approximate surface area is 127 Å². The van der Waals surface area contributed by atoms with E-state index in [-0.39, 0.29) is 6.61 Å². The molecule has 0 heterocycles. The summed E-state index contributed by atoms with van der Waals surface area (Å²) in [6.07, 6.45) is 1.49. The van der Waals surface area contributed by atoms with Gasteiger partial charge in [0.05, 0.1) is 6.61 Å². The van der Waals surface area contributed by atoms with Gasteiger partial charge < -0.3 is 25.4 Å². The molecule has 1 aromatic carbocycles. The number of para-hydroxylation sites is 1. The molecule has 0 unspecified atom stereocenters. The largest absolute Gasteiger partial charge is 0.481 e. The van der Waals surface area contributed by atoms with Crippen molar-refractivity contribution in [1.29, 1.82) is 0 Å². The van der Waals surface area contributed by atoms with Crippen molar-refractivity contribution in [1.82, 2.24) is 0 Å². The fourth-order valence-electron chi connectivity index (χ4n) is 1.76. The Hall–Kier alpha value is -2.38. The average Bonchev–Trinajstić information content (AvgIpc) is 2.43. The first-order valence-corrected chi connectivity index (χ1v) is 6.68. The summed E-state index contributed by atoms with van der Waals surface area (Å²) >= 11 is 0. The second-order valence-corrected chi connectivity index (χ2v) is 4.55. The van der Waals surface area contributed by atoms with E-state index in [0.29, 0.717) is 0 Å². The summed E-state index contributed by atoms with van der Waals surface area (Å²) in [5.74, 6) is -6.63. The van der Waals surface area contributed by atoms with Gasteiger partial charge in [0.1, 0.15) is 12.3 Å². The minimum Gasteiger partial charge on any atom is -0.481 e. The minimum atomic E-state index is -2.74. The molecule has 0 aliphatic heterocycles. The Kier molecular flexibility index (Phi) is 6.55. The predicted molar refractivity (Wildman–Crippen MR) is 78.7 cm³/mol. The van der Waals surface area contributed by atoms with Crippen LogP contribution in [0.4, 0.5) is 5.69 Å². The molecule has 120 valence electrons. The summed E-state index contributed by atoms with van der Waals surface area (Å²) in [6.45, 7) is 1.60. The molecule has 1 rings (SSSR count). The zero-order valence-electron chi connectivity index (χ0n) is 12.1. The third-order valence-corrected chi connectivity index (χ3v) is 2.76. The number of aliphatic carboxylic acids is 1. The summed E-state index contributed by atoms with van der Waals surface area (Å²) < 4.78 is 4.74. The molecule has 0 radical (unpaired) electrons. The molecule has 1 aromatic rings. The van der Waals surface area contributed by atoms with Crippen molar-refractivity contribution < 1.29 is 29.6 Å². The van der Waals surface area contributed by atoms with Crippen LogP contribution < -0.4 is 5.32 Å². The van der Waals surface area contributed by atoms with E-state index in [1.807, 2.05) is 6.07 Å². The topological polar surface area (TPSA) is 116 Å². The highest BCUT2D eigenvalue weighted by Gasteiger charge is 2.41. The third kappa shape index (κ3) is 5.55. The molecule has 0 fully saturated rings. The van der Waals surface area contributed by atoms with Crippen molar-refractivity contribution in [2.75, 3.05) is 11.9 Å². The number of anilines is 1. The number of aliphatic hydroxyl groups is 2. The lowest BCUT2D eigenvalue weighted by Gasteiger charge is -2.26. The number of hydrogen-bond acceptors (Lipinski definition) is 6. The van der Waals surface area contributed by atoms with Crippen molar-refractivity contribution in [2.45, 2.75) is 19.1 Å². The number of carbonyl (C=O) groups excluding carboxylic acids is 1. The van der Waals surface area contributed by atoms with E-state index < -0.39 is 30.1 Å². The average molecular weight is 309 g/mol. The van der Waals surface area contributed by atoms with Crippen molar-refractivity contribution >= 4 is 17.6 Å². The number of nitrogens with one attached hydrogen (secondary N) is 1. The van der Waals surface area contributed by atoms with Gasteiger partial charge in [-0.25, -0.2) is 0 Å². The molecule has 7 heteroatoms. The van der Waals surface area contributed by atoms with Gasteiger partial charge in [0, 0.05) is 5.69 Å². The molecule has 0 aliphatic rings. The number of ether oxygens (including phenoxy) is 1. The van der Waals surface area contributed by atoms with Gasteiger partial charge in [0.15, 0.2) is 5.79 Å². The number of esters is 1. The maximum Gasteiger partial charge on any atom is 0.318 e. The molecule has 0 bridgehead atoms. The van der Waals surface area contributed by atoms with Gasteiger partial charge in [-0.3, -0.25) is 9.59 Å². The molecule has 7 nitrogen and oxygen atoms in total. The monoisotopic (exact) mass is 309 g/mol.